The van der Waals surface area contributed by atoms with E-state index in [1.165, 1.54) is 6.07 Å². The maximum absolute atomic E-state index is 13.2. The van der Waals surface area contributed by atoms with Gasteiger partial charge in [-0.2, -0.15) is 0 Å². The lowest BCUT2D eigenvalue weighted by molar-refractivity contribution is -0.131. The Morgan fingerprint density at radius 3 is 2.76 bits per heavy atom. The molecule has 2 heterocycles. The molecule has 3 nitrogen and oxygen atoms in total. The zero-order valence-corrected chi connectivity index (χ0v) is 12.5. The molecule has 0 radical (unpaired) electrons. The van der Waals surface area contributed by atoms with E-state index >= 15 is 0 Å². The van der Waals surface area contributed by atoms with E-state index in [0.717, 1.165) is 38.2 Å². The molecule has 2 aliphatic rings. The van der Waals surface area contributed by atoms with E-state index in [1.807, 2.05) is 11.0 Å². The van der Waals surface area contributed by atoms with E-state index < -0.39 is 0 Å². The fourth-order valence-electron chi connectivity index (χ4n) is 3.62. The van der Waals surface area contributed by atoms with Gasteiger partial charge in [-0.3, -0.25) is 4.79 Å². The fraction of sp³-hybridized carbons (Fsp3) is 0.588. The third-order valence-corrected chi connectivity index (χ3v) is 4.74. The molecule has 1 aromatic rings. The number of hydrogen-bond acceptors (Lipinski definition) is 2. The second-order valence-corrected chi connectivity index (χ2v) is 6.62. The van der Waals surface area contributed by atoms with Crippen LogP contribution in [0.25, 0.3) is 0 Å². The number of likely N-dealkylation sites (tertiary alicyclic amines) is 1. The summed E-state index contributed by atoms with van der Waals surface area (Å²) >= 11 is 0. The molecule has 1 unspecified atom stereocenters. The lowest BCUT2D eigenvalue weighted by Gasteiger charge is -2.20. The Balaban J connectivity index is 1.50. The van der Waals surface area contributed by atoms with Crippen molar-refractivity contribution in [1.82, 2.24) is 10.2 Å². The summed E-state index contributed by atoms with van der Waals surface area (Å²) in [5.41, 5.74) is 0.970. The van der Waals surface area contributed by atoms with Crippen molar-refractivity contribution in [3.8, 4) is 0 Å². The molecule has 0 spiro atoms. The summed E-state index contributed by atoms with van der Waals surface area (Å²) in [5, 5.41) is 3.39. The minimum Gasteiger partial charge on any atom is -0.342 e. The van der Waals surface area contributed by atoms with Crippen LogP contribution in [-0.2, 0) is 11.2 Å². The van der Waals surface area contributed by atoms with Crippen molar-refractivity contribution < 1.29 is 9.18 Å². The second-order valence-electron chi connectivity index (χ2n) is 6.62. The molecule has 3 rings (SSSR count). The van der Waals surface area contributed by atoms with E-state index in [4.69, 9.17) is 0 Å². The van der Waals surface area contributed by atoms with Crippen LogP contribution in [0, 0.1) is 23.6 Å². The topological polar surface area (TPSA) is 32.3 Å². The van der Waals surface area contributed by atoms with Gasteiger partial charge in [-0.05, 0) is 41.9 Å². The molecule has 0 bridgehead atoms. The van der Waals surface area contributed by atoms with E-state index in [9.17, 15) is 9.18 Å². The first-order chi connectivity index (χ1) is 10.1. The number of halogens is 1. The highest BCUT2D eigenvalue weighted by molar-refractivity contribution is 5.76. The molecule has 1 N–H and O–H groups in total. The molecular formula is C17H23FN2O. The third-order valence-electron chi connectivity index (χ3n) is 4.74. The highest BCUT2D eigenvalue weighted by Crippen LogP contribution is 2.27. The number of rotatable bonds is 4. The molecule has 2 aliphatic heterocycles. The van der Waals surface area contributed by atoms with Crippen LogP contribution in [0.5, 0.6) is 0 Å². The van der Waals surface area contributed by atoms with Gasteiger partial charge >= 0.3 is 0 Å². The van der Waals surface area contributed by atoms with Crippen LogP contribution in [0.2, 0.25) is 0 Å². The van der Waals surface area contributed by atoms with Crippen molar-refractivity contribution in [3.63, 3.8) is 0 Å². The van der Waals surface area contributed by atoms with Crippen molar-refractivity contribution in [2.75, 3.05) is 26.2 Å². The maximum atomic E-state index is 13.2. The summed E-state index contributed by atoms with van der Waals surface area (Å²) in [6.45, 7) is 5.98. The smallest absolute Gasteiger partial charge is 0.222 e. The van der Waals surface area contributed by atoms with Gasteiger partial charge in [-0.15, -0.1) is 0 Å². The van der Waals surface area contributed by atoms with Crippen molar-refractivity contribution >= 4 is 5.91 Å². The van der Waals surface area contributed by atoms with Crippen LogP contribution >= 0.6 is 0 Å². The van der Waals surface area contributed by atoms with Crippen LogP contribution in [0.1, 0.15) is 18.9 Å². The molecule has 1 aromatic carbocycles. The summed E-state index contributed by atoms with van der Waals surface area (Å²) < 4.78 is 13.2. The summed E-state index contributed by atoms with van der Waals surface area (Å²) in [5.74, 6) is 1.59. The summed E-state index contributed by atoms with van der Waals surface area (Å²) in [6, 6.07) is 6.67. The largest absolute Gasteiger partial charge is 0.342 e. The Morgan fingerprint density at radius 1 is 1.38 bits per heavy atom. The van der Waals surface area contributed by atoms with Gasteiger partial charge in [0.1, 0.15) is 5.82 Å². The monoisotopic (exact) mass is 290 g/mol. The van der Waals surface area contributed by atoms with E-state index in [1.54, 1.807) is 12.1 Å². The van der Waals surface area contributed by atoms with E-state index in [0.29, 0.717) is 18.3 Å². The average Bonchev–Trinajstić information content (AvgIpc) is 2.98. The van der Waals surface area contributed by atoms with Crippen LogP contribution in [0.15, 0.2) is 24.3 Å². The van der Waals surface area contributed by atoms with Gasteiger partial charge in [-0.1, -0.05) is 19.1 Å². The van der Waals surface area contributed by atoms with Gasteiger partial charge in [0.05, 0.1) is 0 Å². The Hall–Kier alpha value is -1.42. The predicted octanol–water partition coefficient (Wildman–Crippen LogP) is 2.07. The fourth-order valence-corrected chi connectivity index (χ4v) is 3.62. The molecule has 0 aromatic heterocycles. The van der Waals surface area contributed by atoms with Crippen molar-refractivity contribution in [3.05, 3.63) is 35.6 Å². The van der Waals surface area contributed by atoms with Gasteiger partial charge in [0.25, 0.3) is 0 Å². The van der Waals surface area contributed by atoms with Crippen molar-refractivity contribution in [2.24, 2.45) is 17.8 Å². The number of nitrogens with one attached hydrogen (secondary N) is 1. The van der Waals surface area contributed by atoms with Crippen LogP contribution < -0.4 is 5.32 Å². The zero-order valence-electron chi connectivity index (χ0n) is 12.5. The van der Waals surface area contributed by atoms with Gasteiger partial charge in [0, 0.05) is 32.6 Å². The molecule has 4 heteroatoms. The summed E-state index contributed by atoms with van der Waals surface area (Å²) in [7, 11) is 0. The van der Waals surface area contributed by atoms with Crippen LogP contribution in [-0.4, -0.2) is 37.0 Å². The number of hydrogen-bond donors (Lipinski definition) is 1. The first kappa shape index (κ1) is 14.5. The standard InChI is InChI=1S/C17H23FN2O/c1-12(5-13-3-2-4-16(18)7-13)6-17(21)20-10-14-8-19-9-15(14)11-20/h2-4,7,12,14-15,19H,5-6,8-11H2,1H3/t12?,14-,15+. The number of fused-ring (bicyclic) bond motifs is 1. The number of carbonyl (C=O) groups excluding carboxylic acids is 1. The maximum Gasteiger partial charge on any atom is 0.222 e. The molecule has 114 valence electrons. The molecule has 0 aliphatic carbocycles. The Kier molecular flexibility index (Phi) is 4.24. The van der Waals surface area contributed by atoms with E-state index in [-0.39, 0.29) is 17.6 Å². The molecule has 21 heavy (non-hydrogen) atoms. The minimum absolute atomic E-state index is 0.203. The van der Waals surface area contributed by atoms with Gasteiger partial charge < -0.3 is 10.2 Å². The third kappa shape index (κ3) is 3.43. The molecule has 3 atom stereocenters. The van der Waals surface area contributed by atoms with Gasteiger partial charge in [0.2, 0.25) is 5.91 Å². The second kappa shape index (κ2) is 6.14. The lowest BCUT2D eigenvalue weighted by Crippen LogP contribution is -2.32. The Bertz CT molecular complexity index is 507. The Labute approximate surface area is 125 Å². The molecule has 2 fully saturated rings. The van der Waals surface area contributed by atoms with Gasteiger partial charge in [0.15, 0.2) is 0 Å². The van der Waals surface area contributed by atoms with Gasteiger partial charge in [-0.25, -0.2) is 4.39 Å². The predicted molar refractivity (Wildman–Crippen MR) is 80.3 cm³/mol. The summed E-state index contributed by atoms with van der Waals surface area (Å²) in [4.78, 5) is 14.4. The molecular weight excluding hydrogens is 267 g/mol. The van der Waals surface area contributed by atoms with Crippen LogP contribution in [0.4, 0.5) is 4.39 Å². The lowest BCUT2D eigenvalue weighted by atomic mass is 9.97. The zero-order chi connectivity index (χ0) is 14.8. The quantitative estimate of drug-likeness (QED) is 0.921. The molecule has 1 amide bonds. The highest BCUT2D eigenvalue weighted by atomic mass is 19.1. The van der Waals surface area contributed by atoms with Crippen molar-refractivity contribution in [2.45, 2.75) is 19.8 Å². The highest BCUT2D eigenvalue weighted by Gasteiger charge is 2.37. The molecule has 2 saturated heterocycles. The first-order valence-corrected chi connectivity index (χ1v) is 7.84. The number of nitrogens with zero attached hydrogens (tertiary/aromatic N) is 1. The summed E-state index contributed by atoms with van der Waals surface area (Å²) in [6.07, 6.45) is 1.31. The Morgan fingerprint density at radius 2 is 2.10 bits per heavy atom. The first-order valence-electron chi connectivity index (χ1n) is 7.84. The average molecular weight is 290 g/mol. The van der Waals surface area contributed by atoms with Crippen LogP contribution in [0.3, 0.4) is 0 Å². The minimum atomic E-state index is -0.203. The SMILES string of the molecule is CC(CC(=O)N1C[C@H]2CNC[C@H]2C1)Cc1cccc(F)c1. The molecule has 0 saturated carbocycles. The number of amides is 1. The van der Waals surface area contributed by atoms with E-state index in [2.05, 4.69) is 12.2 Å². The normalized spacial score (nSPS) is 25.9. The number of benzene rings is 1. The number of carbonyl (C=O) groups is 1. The van der Waals surface area contributed by atoms with Crippen molar-refractivity contribution in [1.29, 1.82) is 0 Å².